The van der Waals surface area contributed by atoms with Gasteiger partial charge in [-0.3, -0.25) is 4.79 Å². The van der Waals surface area contributed by atoms with Crippen LogP contribution >= 0.6 is 0 Å². The summed E-state index contributed by atoms with van der Waals surface area (Å²) in [5.41, 5.74) is 3.80. The zero-order chi connectivity index (χ0) is 25.4. The maximum Gasteiger partial charge on any atom is 0.339 e. The SMILES string of the molecule is Cc1c(OCC(=O)N[C@H](Cc2c[nH]c3ccc(O)cc23)C(=O)[O-])ccc2c3c(c(=O)oc12)CCCC3. The van der Waals surface area contributed by atoms with Crippen molar-refractivity contribution >= 4 is 33.7 Å². The molecule has 0 bridgehead atoms. The van der Waals surface area contributed by atoms with Crippen LogP contribution in [-0.4, -0.2) is 34.6 Å². The third kappa shape index (κ3) is 4.39. The first-order valence-electron chi connectivity index (χ1n) is 11.8. The Kier molecular flexibility index (Phi) is 6.13. The summed E-state index contributed by atoms with van der Waals surface area (Å²) in [6, 6.07) is 6.99. The number of benzene rings is 2. The molecule has 36 heavy (non-hydrogen) atoms. The molecular weight excluding hydrogens is 464 g/mol. The van der Waals surface area contributed by atoms with Gasteiger partial charge in [-0.25, -0.2) is 4.79 Å². The predicted octanol–water partition coefficient (Wildman–Crippen LogP) is 2.02. The molecule has 1 aliphatic rings. The highest BCUT2D eigenvalue weighted by Gasteiger charge is 2.21. The third-order valence-corrected chi connectivity index (χ3v) is 6.74. The summed E-state index contributed by atoms with van der Waals surface area (Å²) < 4.78 is 11.3. The Bertz CT molecular complexity index is 1550. The summed E-state index contributed by atoms with van der Waals surface area (Å²) in [7, 11) is 0. The van der Waals surface area contributed by atoms with E-state index in [4.69, 9.17) is 9.15 Å². The maximum atomic E-state index is 12.5. The Hall–Kier alpha value is -4.27. The van der Waals surface area contributed by atoms with Crippen molar-refractivity contribution in [2.75, 3.05) is 6.61 Å². The normalized spacial score (nSPS) is 13.9. The highest BCUT2D eigenvalue weighted by molar-refractivity contribution is 5.88. The molecule has 0 saturated carbocycles. The molecule has 0 unspecified atom stereocenters. The average Bonchev–Trinajstić information content (AvgIpc) is 3.25. The van der Waals surface area contributed by atoms with Gasteiger partial charge >= 0.3 is 5.63 Å². The molecule has 1 aliphatic carbocycles. The number of aliphatic carboxylic acids is 1. The molecule has 4 aromatic rings. The molecule has 2 aromatic carbocycles. The van der Waals surface area contributed by atoms with Crippen LogP contribution < -0.4 is 20.8 Å². The summed E-state index contributed by atoms with van der Waals surface area (Å²) in [6.07, 6.45) is 5.11. The van der Waals surface area contributed by atoms with E-state index in [0.29, 0.717) is 34.3 Å². The molecule has 3 N–H and O–H groups in total. The number of carboxylic acids is 1. The first kappa shape index (κ1) is 23.5. The quantitative estimate of drug-likeness (QED) is 0.337. The van der Waals surface area contributed by atoms with Crippen LogP contribution in [0.25, 0.3) is 21.9 Å². The fraction of sp³-hybridized carbons (Fsp3) is 0.296. The van der Waals surface area contributed by atoms with Crippen LogP contribution in [0.5, 0.6) is 11.5 Å². The van der Waals surface area contributed by atoms with E-state index in [1.807, 2.05) is 6.07 Å². The predicted molar refractivity (Wildman–Crippen MR) is 130 cm³/mol. The Balaban J connectivity index is 1.30. The lowest BCUT2D eigenvalue weighted by atomic mass is 9.90. The topological polar surface area (TPSA) is 145 Å². The molecule has 1 amide bonds. The maximum absolute atomic E-state index is 12.5. The van der Waals surface area contributed by atoms with Crippen LogP contribution in [0.3, 0.4) is 0 Å². The van der Waals surface area contributed by atoms with Crippen LogP contribution in [0.1, 0.15) is 35.1 Å². The van der Waals surface area contributed by atoms with E-state index in [0.717, 1.165) is 41.3 Å². The molecule has 0 aliphatic heterocycles. The number of aryl methyl sites for hydroxylation is 2. The standard InChI is InChI=1S/C27H26N2O7/c1-14-23(9-7-18-17-4-2-3-5-19(17)27(34)36-25(14)18)35-13-24(31)29-22(26(32)33)10-15-12-28-21-8-6-16(30)11-20(15)21/h6-9,11-12,22,28,30H,2-5,10,13H2,1H3,(H,29,31)(H,32,33)/p-1/t22-/m1/s1. The summed E-state index contributed by atoms with van der Waals surface area (Å²) >= 11 is 0. The minimum atomic E-state index is -1.44. The van der Waals surface area contributed by atoms with Crippen molar-refractivity contribution in [2.24, 2.45) is 0 Å². The smallest absolute Gasteiger partial charge is 0.339 e. The van der Waals surface area contributed by atoms with Gasteiger partial charge in [0.2, 0.25) is 0 Å². The first-order valence-corrected chi connectivity index (χ1v) is 11.8. The number of aromatic nitrogens is 1. The van der Waals surface area contributed by atoms with E-state index in [1.165, 1.54) is 12.1 Å². The third-order valence-electron chi connectivity index (χ3n) is 6.74. The second-order valence-electron chi connectivity index (χ2n) is 9.09. The van der Waals surface area contributed by atoms with Gasteiger partial charge in [0.15, 0.2) is 6.61 Å². The van der Waals surface area contributed by atoms with Gasteiger partial charge in [0, 0.05) is 40.0 Å². The number of phenols is 1. The minimum Gasteiger partial charge on any atom is -0.548 e. The van der Waals surface area contributed by atoms with Crippen LogP contribution in [0, 0.1) is 6.92 Å². The number of carbonyl (C=O) groups excluding carboxylic acids is 2. The number of phenolic OH excluding ortho intramolecular Hbond substituents is 1. The number of amides is 1. The van der Waals surface area contributed by atoms with Crippen LogP contribution in [0.15, 0.2) is 45.7 Å². The van der Waals surface area contributed by atoms with Crippen molar-refractivity contribution in [2.45, 2.75) is 45.1 Å². The van der Waals surface area contributed by atoms with Crippen molar-refractivity contribution in [3.8, 4) is 11.5 Å². The van der Waals surface area contributed by atoms with Crippen LogP contribution in [0.2, 0.25) is 0 Å². The molecule has 186 valence electrons. The Morgan fingerprint density at radius 3 is 2.72 bits per heavy atom. The zero-order valence-corrected chi connectivity index (χ0v) is 19.7. The summed E-state index contributed by atoms with van der Waals surface area (Å²) in [5, 5.41) is 25.4. The molecule has 5 rings (SSSR count). The lowest BCUT2D eigenvalue weighted by molar-refractivity contribution is -0.308. The molecule has 0 spiro atoms. The molecule has 2 aromatic heterocycles. The Labute approximate surface area is 205 Å². The summed E-state index contributed by atoms with van der Waals surface area (Å²) in [4.78, 5) is 39.8. The number of H-pyrrole nitrogens is 1. The Morgan fingerprint density at radius 2 is 1.94 bits per heavy atom. The molecule has 9 heteroatoms. The number of rotatable bonds is 7. The molecule has 1 atom stereocenters. The van der Waals surface area contributed by atoms with Gasteiger partial charge in [-0.05, 0) is 74.1 Å². The number of fused-ring (bicyclic) bond motifs is 4. The average molecular weight is 490 g/mol. The summed E-state index contributed by atoms with van der Waals surface area (Å²) in [5.74, 6) is -1.66. The minimum absolute atomic E-state index is 0.0389. The number of carbonyl (C=O) groups is 2. The lowest BCUT2D eigenvalue weighted by Crippen LogP contribution is -2.50. The summed E-state index contributed by atoms with van der Waals surface area (Å²) in [6.45, 7) is 1.32. The first-order chi connectivity index (χ1) is 17.3. The van der Waals surface area contributed by atoms with Crippen molar-refractivity contribution in [1.29, 1.82) is 0 Å². The van der Waals surface area contributed by atoms with Gasteiger partial charge in [0.25, 0.3) is 5.91 Å². The number of aromatic amines is 1. The number of hydrogen-bond donors (Lipinski definition) is 3. The van der Waals surface area contributed by atoms with E-state index >= 15 is 0 Å². The fourth-order valence-electron chi connectivity index (χ4n) is 4.91. The van der Waals surface area contributed by atoms with Gasteiger partial charge in [-0.2, -0.15) is 0 Å². The number of nitrogens with one attached hydrogen (secondary N) is 2. The number of aromatic hydroxyl groups is 1. The van der Waals surface area contributed by atoms with Gasteiger partial charge in [-0.15, -0.1) is 0 Å². The van der Waals surface area contributed by atoms with E-state index in [2.05, 4.69) is 10.3 Å². The van der Waals surface area contributed by atoms with Crippen molar-refractivity contribution in [3.05, 3.63) is 69.2 Å². The van der Waals surface area contributed by atoms with E-state index in [9.17, 15) is 24.6 Å². The largest absolute Gasteiger partial charge is 0.548 e. The fourth-order valence-corrected chi connectivity index (χ4v) is 4.91. The molecule has 0 radical (unpaired) electrons. The number of hydrogen-bond acceptors (Lipinski definition) is 7. The van der Waals surface area contributed by atoms with Crippen molar-refractivity contribution in [3.63, 3.8) is 0 Å². The van der Waals surface area contributed by atoms with Gasteiger partial charge in [0.05, 0.1) is 12.0 Å². The molecular formula is C27H25N2O7-. The Morgan fingerprint density at radius 1 is 1.17 bits per heavy atom. The zero-order valence-electron chi connectivity index (χ0n) is 19.7. The van der Waals surface area contributed by atoms with Gasteiger partial charge in [0.1, 0.15) is 17.1 Å². The monoisotopic (exact) mass is 489 g/mol. The highest BCUT2D eigenvalue weighted by atomic mass is 16.5. The van der Waals surface area contributed by atoms with Crippen molar-refractivity contribution < 1.29 is 29.0 Å². The van der Waals surface area contributed by atoms with Crippen LogP contribution in [-0.2, 0) is 28.9 Å². The second kappa shape index (κ2) is 9.41. The highest BCUT2D eigenvalue weighted by Crippen LogP contribution is 2.32. The second-order valence-corrected chi connectivity index (χ2v) is 9.09. The molecule has 9 nitrogen and oxygen atoms in total. The van der Waals surface area contributed by atoms with E-state index < -0.39 is 24.5 Å². The molecule has 0 saturated heterocycles. The number of carboxylic acid groups (broad SMARTS) is 1. The molecule has 2 heterocycles. The van der Waals surface area contributed by atoms with Crippen LogP contribution in [0.4, 0.5) is 0 Å². The van der Waals surface area contributed by atoms with Crippen molar-refractivity contribution in [1.82, 2.24) is 10.3 Å². The lowest BCUT2D eigenvalue weighted by Gasteiger charge is -2.20. The number of ether oxygens (including phenoxy) is 1. The van der Waals surface area contributed by atoms with E-state index in [1.54, 1.807) is 25.3 Å². The van der Waals surface area contributed by atoms with Gasteiger partial charge in [-0.1, -0.05) is 0 Å². The molecule has 0 fully saturated rings. The van der Waals surface area contributed by atoms with Gasteiger partial charge < -0.3 is 34.5 Å². The van der Waals surface area contributed by atoms with E-state index in [-0.39, 0.29) is 17.8 Å².